The van der Waals surface area contributed by atoms with Gasteiger partial charge >= 0.3 is 0 Å². The normalized spacial score (nSPS) is 12.1. The standard InChI is InChI=1S/C16H21N3OS/c1-4-14(13-6-5-9-17-10-13)19(3)16(20)8-7-15-12(2)18-11-21-15/h5-6,9-11,14H,4,7-8H2,1-3H3. The second kappa shape index (κ2) is 7.31. The maximum Gasteiger partial charge on any atom is 0.223 e. The highest BCUT2D eigenvalue weighted by Crippen LogP contribution is 2.23. The summed E-state index contributed by atoms with van der Waals surface area (Å²) < 4.78 is 0. The van der Waals surface area contributed by atoms with E-state index in [0.717, 1.165) is 24.1 Å². The molecule has 2 heterocycles. The Morgan fingerprint density at radius 1 is 1.48 bits per heavy atom. The molecule has 1 atom stereocenters. The molecule has 0 aliphatic carbocycles. The van der Waals surface area contributed by atoms with Crippen molar-refractivity contribution in [2.24, 2.45) is 0 Å². The Hall–Kier alpha value is -1.75. The summed E-state index contributed by atoms with van der Waals surface area (Å²) >= 11 is 1.62. The van der Waals surface area contributed by atoms with Gasteiger partial charge in [-0.25, -0.2) is 4.98 Å². The van der Waals surface area contributed by atoms with Crippen LogP contribution in [-0.4, -0.2) is 27.8 Å². The molecule has 0 bridgehead atoms. The Bertz CT molecular complexity index is 582. The Morgan fingerprint density at radius 2 is 2.29 bits per heavy atom. The van der Waals surface area contributed by atoms with Crippen molar-refractivity contribution in [3.05, 3.63) is 46.2 Å². The highest BCUT2D eigenvalue weighted by atomic mass is 32.1. The second-order valence-corrected chi connectivity index (χ2v) is 6.02. The summed E-state index contributed by atoms with van der Waals surface area (Å²) in [4.78, 5) is 23.8. The van der Waals surface area contributed by atoms with Crippen LogP contribution in [0.3, 0.4) is 0 Å². The van der Waals surface area contributed by atoms with Crippen molar-refractivity contribution in [2.75, 3.05) is 7.05 Å². The van der Waals surface area contributed by atoms with Crippen molar-refractivity contribution in [2.45, 2.75) is 39.2 Å². The molecule has 0 N–H and O–H groups in total. The fraction of sp³-hybridized carbons (Fsp3) is 0.438. The van der Waals surface area contributed by atoms with Crippen LogP contribution >= 0.6 is 11.3 Å². The summed E-state index contributed by atoms with van der Waals surface area (Å²) in [5, 5.41) is 0. The maximum atomic E-state index is 12.4. The first-order valence-corrected chi connectivity index (χ1v) is 8.06. The zero-order chi connectivity index (χ0) is 15.2. The maximum absolute atomic E-state index is 12.4. The van der Waals surface area contributed by atoms with Gasteiger partial charge in [-0.1, -0.05) is 13.0 Å². The van der Waals surface area contributed by atoms with E-state index in [0.29, 0.717) is 6.42 Å². The van der Waals surface area contributed by atoms with Crippen LogP contribution < -0.4 is 0 Å². The topological polar surface area (TPSA) is 46.1 Å². The number of aryl methyl sites for hydroxylation is 2. The quantitative estimate of drug-likeness (QED) is 0.821. The minimum atomic E-state index is 0.0914. The molecular weight excluding hydrogens is 282 g/mol. The third-order valence-electron chi connectivity index (χ3n) is 3.73. The zero-order valence-electron chi connectivity index (χ0n) is 12.7. The van der Waals surface area contributed by atoms with Gasteiger partial charge in [-0.05, 0) is 31.4 Å². The number of carbonyl (C=O) groups is 1. The van der Waals surface area contributed by atoms with Crippen LogP contribution in [0.2, 0.25) is 0 Å². The van der Waals surface area contributed by atoms with Gasteiger partial charge in [-0.2, -0.15) is 0 Å². The summed E-state index contributed by atoms with van der Waals surface area (Å²) in [5.74, 6) is 0.165. The molecule has 0 aliphatic heterocycles. The first kappa shape index (κ1) is 15.6. The summed E-state index contributed by atoms with van der Waals surface area (Å²) in [5.41, 5.74) is 3.96. The number of thiazole rings is 1. The van der Waals surface area contributed by atoms with Crippen molar-refractivity contribution >= 4 is 17.2 Å². The van der Waals surface area contributed by atoms with Crippen molar-refractivity contribution in [1.82, 2.24) is 14.9 Å². The highest BCUT2D eigenvalue weighted by molar-refractivity contribution is 7.09. The van der Waals surface area contributed by atoms with Gasteiger partial charge in [0.15, 0.2) is 0 Å². The minimum Gasteiger partial charge on any atom is -0.339 e. The summed E-state index contributed by atoms with van der Waals surface area (Å²) in [7, 11) is 1.88. The number of amides is 1. The van der Waals surface area contributed by atoms with Gasteiger partial charge in [0.2, 0.25) is 5.91 Å². The van der Waals surface area contributed by atoms with E-state index in [1.165, 1.54) is 4.88 Å². The number of carbonyl (C=O) groups excluding carboxylic acids is 1. The SMILES string of the molecule is CCC(c1cccnc1)N(C)C(=O)CCc1scnc1C. The zero-order valence-corrected chi connectivity index (χ0v) is 13.6. The lowest BCUT2D eigenvalue weighted by Crippen LogP contribution is -2.31. The second-order valence-electron chi connectivity index (χ2n) is 5.08. The lowest BCUT2D eigenvalue weighted by Gasteiger charge is -2.27. The van der Waals surface area contributed by atoms with Gasteiger partial charge in [-0.15, -0.1) is 11.3 Å². The molecule has 0 aliphatic rings. The summed E-state index contributed by atoms with van der Waals surface area (Å²) in [6.45, 7) is 4.08. The molecule has 2 rings (SSSR count). The van der Waals surface area contributed by atoms with E-state index in [-0.39, 0.29) is 11.9 Å². The van der Waals surface area contributed by atoms with Crippen LogP contribution in [0, 0.1) is 6.92 Å². The lowest BCUT2D eigenvalue weighted by atomic mass is 10.0. The monoisotopic (exact) mass is 303 g/mol. The van der Waals surface area contributed by atoms with Gasteiger partial charge in [-0.3, -0.25) is 9.78 Å². The Balaban J connectivity index is 1.99. The number of nitrogens with zero attached hydrogens (tertiary/aromatic N) is 3. The molecule has 0 fully saturated rings. The molecule has 21 heavy (non-hydrogen) atoms. The Kier molecular flexibility index (Phi) is 5.44. The van der Waals surface area contributed by atoms with Crippen molar-refractivity contribution in [3.8, 4) is 0 Å². The number of aromatic nitrogens is 2. The molecule has 0 aromatic carbocycles. The molecule has 2 aromatic rings. The van der Waals surface area contributed by atoms with E-state index in [4.69, 9.17) is 0 Å². The molecule has 2 aromatic heterocycles. The first-order valence-electron chi connectivity index (χ1n) is 7.18. The molecule has 0 saturated carbocycles. The fourth-order valence-corrected chi connectivity index (χ4v) is 3.22. The van der Waals surface area contributed by atoms with Crippen molar-refractivity contribution in [3.63, 3.8) is 0 Å². The predicted molar refractivity (Wildman–Crippen MR) is 85.2 cm³/mol. The van der Waals surface area contributed by atoms with Gasteiger partial charge in [0, 0.05) is 30.7 Å². The predicted octanol–water partition coefficient (Wildman–Crippen LogP) is 3.39. The van der Waals surface area contributed by atoms with Gasteiger partial charge in [0.1, 0.15) is 0 Å². The van der Waals surface area contributed by atoms with Crippen molar-refractivity contribution < 1.29 is 4.79 Å². The molecule has 5 heteroatoms. The molecular formula is C16H21N3OS. The number of hydrogen-bond donors (Lipinski definition) is 0. The smallest absolute Gasteiger partial charge is 0.223 e. The number of rotatable bonds is 6. The van der Waals surface area contributed by atoms with E-state index in [9.17, 15) is 4.79 Å². The Morgan fingerprint density at radius 3 is 2.86 bits per heavy atom. The molecule has 112 valence electrons. The van der Waals surface area contributed by atoms with Crippen LogP contribution in [0.5, 0.6) is 0 Å². The first-order chi connectivity index (χ1) is 10.1. The highest BCUT2D eigenvalue weighted by Gasteiger charge is 2.20. The molecule has 0 radical (unpaired) electrons. The van der Waals surface area contributed by atoms with Crippen LogP contribution in [0.1, 0.15) is 41.9 Å². The van der Waals surface area contributed by atoms with Gasteiger partial charge < -0.3 is 4.90 Å². The fourth-order valence-electron chi connectivity index (χ4n) is 2.44. The Labute approximate surface area is 129 Å². The van der Waals surface area contributed by atoms with E-state index in [2.05, 4.69) is 16.9 Å². The van der Waals surface area contributed by atoms with E-state index < -0.39 is 0 Å². The summed E-state index contributed by atoms with van der Waals surface area (Å²) in [6, 6.07) is 4.03. The van der Waals surface area contributed by atoms with E-state index in [1.807, 2.05) is 42.7 Å². The summed E-state index contributed by atoms with van der Waals surface area (Å²) in [6.07, 6.45) is 5.77. The molecule has 1 amide bonds. The largest absolute Gasteiger partial charge is 0.339 e. The van der Waals surface area contributed by atoms with E-state index in [1.54, 1.807) is 17.5 Å². The molecule has 0 spiro atoms. The van der Waals surface area contributed by atoms with Crippen LogP contribution in [0.15, 0.2) is 30.0 Å². The molecule has 4 nitrogen and oxygen atoms in total. The average molecular weight is 303 g/mol. The van der Waals surface area contributed by atoms with E-state index >= 15 is 0 Å². The van der Waals surface area contributed by atoms with Crippen LogP contribution in [-0.2, 0) is 11.2 Å². The minimum absolute atomic E-state index is 0.0914. The third-order valence-corrected chi connectivity index (χ3v) is 4.72. The average Bonchev–Trinajstić information content (AvgIpc) is 2.92. The van der Waals surface area contributed by atoms with Crippen LogP contribution in [0.4, 0.5) is 0 Å². The van der Waals surface area contributed by atoms with Crippen molar-refractivity contribution in [1.29, 1.82) is 0 Å². The lowest BCUT2D eigenvalue weighted by molar-refractivity contribution is -0.132. The third kappa shape index (κ3) is 3.88. The van der Waals surface area contributed by atoms with Gasteiger partial charge in [0.25, 0.3) is 0 Å². The van der Waals surface area contributed by atoms with Gasteiger partial charge in [0.05, 0.1) is 17.2 Å². The number of pyridine rings is 1. The molecule has 1 unspecified atom stereocenters. The molecule has 0 saturated heterocycles. The number of hydrogen-bond acceptors (Lipinski definition) is 4. The van der Waals surface area contributed by atoms with Crippen LogP contribution in [0.25, 0.3) is 0 Å².